The van der Waals surface area contributed by atoms with Crippen LogP contribution in [0.5, 0.6) is 5.88 Å². The Hall–Kier alpha value is -2.24. The Morgan fingerprint density at radius 3 is 2.59 bits per heavy atom. The molecule has 1 saturated carbocycles. The molecule has 6 heteroatoms. The Balaban J connectivity index is 1.71. The van der Waals surface area contributed by atoms with Crippen molar-refractivity contribution in [3.05, 3.63) is 45.8 Å². The highest BCUT2D eigenvalue weighted by atomic mass is 19.2. The van der Waals surface area contributed by atoms with Crippen LogP contribution in [-0.4, -0.2) is 15.1 Å². The molecule has 1 aliphatic carbocycles. The summed E-state index contributed by atoms with van der Waals surface area (Å²) in [5.41, 5.74) is 0.0460. The van der Waals surface area contributed by atoms with Gasteiger partial charge >= 0.3 is 0 Å². The number of rotatable bonds is 6. The fraction of sp³-hybridized carbons (Fsp3) is 0.524. The molecule has 1 aromatic carbocycles. The molecule has 2 unspecified atom stereocenters. The average molecular weight is 376 g/mol. The van der Waals surface area contributed by atoms with Gasteiger partial charge in [0.05, 0.1) is 5.56 Å². The summed E-state index contributed by atoms with van der Waals surface area (Å²) in [5.74, 6) is -0.969. The van der Waals surface area contributed by atoms with Gasteiger partial charge in [-0.25, -0.2) is 8.78 Å². The number of nitrogens with zero attached hydrogens (tertiary/aromatic N) is 1. The molecule has 0 aliphatic heterocycles. The van der Waals surface area contributed by atoms with E-state index in [0.29, 0.717) is 12.3 Å². The third-order valence-corrected chi connectivity index (χ3v) is 5.58. The minimum atomic E-state index is -1.03. The summed E-state index contributed by atoms with van der Waals surface area (Å²) in [5, 5.41) is 10.2. The lowest BCUT2D eigenvalue weighted by atomic mass is 9.77. The predicted octanol–water partition coefficient (Wildman–Crippen LogP) is 4.96. The molecule has 1 fully saturated rings. The number of aromatic hydroxyl groups is 1. The summed E-state index contributed by atoms with van der Waals surface area (Å²) in [7, 11) is 0. The summed E-state index contributed by atoms with van der Waals surface area (Å²) >= 11 is 0. The number of aromatic nitrogens is 2. The molecule has 27 heavy (non-hydrogen) atoms. The first-order valence-electron chi connectivity index (χ1n) is 9.75. The van der Waals surface area contributed by atoms with Crippen molar-refractivity contribution in [1.82, 2.24) is 9.97 Å². The number of hydrogen-bond acceptors (Lipinski definition) is 3. The van der Waals surface area contributed by atoms with Crippen LogP contribution in [0.15, 0.2) is 23.0 Å². The van der Waals surface area contributed by atoms with Gasteiger partial charge < -0.3 is 10.1 Å². The average Bonchev–Trinajstić information content (AvgIpc) is 2.64. The molecule has 0 radical (unpaired) electrons. The van der Waals surface area contributed by atoms with Crippen LogP contribution in [0, 0.1) is 23.5 Å². The summed E-state index contributed by atoms with van der Waals surface area (Å²) < 4.78 is 26.5. The monoisotopic (exact) mass is 376 g/mol. The number of H-pyrrole nitrogens is 1. The second-order valence-corrected chi connectivity index (χ2v) is 7.57. The van der Waals surface area contributed by atoms with E-state index in [0.717, 1.165) is 24.5 Å². The van der Waals surface area contributed by atoms with Crippen LogP contribution in [0.25, 0.3) is 11.4 Å². The molecule has 3 rings (SSSR count). The van der Waals surface area contributed by atoms with Crippen LogP contribution in [0.1, 0.15) is 57.4 Å². The highest BCUT2D eigenvalue weighted by Crippen LogP contribution is 2.34. The van der Waals surface area contributed by atoms with Gasteiger partial charge in [-0.2, -0.15) is 4.98 Å². The van der Waals surface area contributed by atoms with E-state index in [1.807, 2.05) is 0 Å². The van der Waals surface area contributed by atoms with E-state index >= 15 is 0 Å². The van der Waals surface area contributed by atoms with E-state index in [4.69, 9.17) is 0 Å². The second-order valence-electron chi connectivity index (χ2n) is 7.57. The topological polar surface area (TPSA) is 66.0 Å². The first kappa shape index (κ1) is 19.5. The van der Waals surface area contributed by atoms with Crippen LogP contribution in [0.2, 0.25) is 0 Å². The lowest BCUT2D eigenvalue weighted by Crippen LogP contribution is -2.19. The molecule has 4 nitrogen and oxygen atoms in total. The van der Waals surface area contributed by atoms with Crippen molar-refractivity contribution in [2.24, 2.45) is 11.8 Å². The molecule has 0 bridgehead atoms. The van der Waals surface area contributed by atoms with Crippen molar-refractivity contribution in [3.63, 3.8) is 0 Å². The largest absolute Gasteiger partial charge is 0.493 e. The van der Waals surface area contributed by atoms with Crippen molar-refractivity contribution in [1.29, 1.82) is 0 Å². The first-order chi connectivity index (χ1) is 13.0. The molecule has 2 atom stereocenters. The molecule has 0 spiro atoms. The van der Waals surface area contributed by atoms with E-state index in [9.17, 15) is 18.7 Å². The Morgan fingerprint density at radius 2 is 1.93 bits per heavy atom. The molecule has 1 aliphatic rings. The smallest absolute Gasteiger partial charge is 0.258 e. The standard InChI is InChI=1S/C21H26F2N2O2/c1-2-4-13-5-3-6-14(11-13)7-9-16-20(26)24-19(25-21(16)27)15-8-10-17(22)18(23)12-15/h8,10,12-14H,2-7,9,11H2,1H3,(H2,24,25,26,27). The Labute approximate surface area is 157 Å². The highest BCUT2D eigenvalue weighted by molar-refractivity contribution is 5.55. The third kappa shape index (κ3) is 4.73. The van der Waals surface area contributed by atoms with Gasteiger partial charge in [0, 0.05) is 5.56 Å². The second kappa shape index (κ2) is 8.63. The van der Waals surface area contributed by atoms with Gasteiger partial charge in [-0.05, 0) is 49.3 Å². The molecular formula is C21H26F2N2O2. The molecular weight excluding hydrogens is 350 g/mol. The Kier molecular flexibility index (Phi) is 6.24. The van der Waals surface area contributed by atoms with Gasteiger partial charge in [-0.3, -0.25) is 4.79 Å². The molecule has 0 amide bonds. The van der Waals surface area contributed by atoms with Crippen molar-refractivity contribution >= 4 is 0 Å². The molecule has 2 aromatic rings. The van der Waals surface area contributed by atoms with E-state index in [2.05, 4.69) is 16.9 Å². The fourth-order valence-electron chi connectivity index (χ4n) is 4.17. The van der Waals surface area contributed by atoms with Crippen molar-refractivity contribution in [2.45, 2.75) is 58.3 Å². The normalized spacial score (nSPS) is 20.0. The summed E-state index contributed by atoms with van der Waals surface area (Å²) in [6.45, 7) is 2.21. The summed E-state index contributed by atoms with van der Waals surface area (Å²) in [6.07, 6.45) is 8.65. The fourth-order valence-corrected chi connectivity index (χ4v) is 4.17. The van der Waals surface area contributed by atoms with Crippen LogP contribution in [0.4, 0.5) is 8.78 Å². The van der Waals surface area contributed by atoms with Crippen molar-refractivity contribution in [3.8, 4) is 17.3 Å². The summed E-state index contributed by atoms with van der Waals surface area (Å²) in [6, 6.07) is 3.22. The molecule has 146 valence electrons. The van der Waals surface area contributed by atoms with Crippen LogP contribution < -0.4 is 5.56 Å². The Bertz CT molecular complexity index is 849. The van der Waals surface area contributed by atoms with E-state index < -0.39 is 17.2 Å². The number of aromatic amines is 1. The van der Waals surface area contributed by atoms with Gasteiger partial charge in [0.1, 0.15) is 5.82 Å². The Morgan fingerprint density at radius 1 is 1.19 bits per heavy atom. The van der Waals surface area contributed by atoms with E-state index in [1.54, 1.807) is 0 Å². The SMILES string of the molecule is CCCC1CCCC(CCc2c(O)nc(-c3ccc(F)c(F)c3)[nH]c2=O)C1. The van der Waals surface area contributed by atoms with Gasteiger partial charge in [-0.1, -0.05) is 39.0 Å². The first-order valence-corrected chi connectivity index (χ1v) is 9.75. The lowest BCUT2D eigenvalue weighted by Gasteiger charge is -2.29. The zero-order valence-corrected chi connectivity index (χ0v) is 15.6. The zero-order chi connectivity index (χ0) is 19.4. The quantitative estimate of drug-likeness (QED) is 0.749. The maximum atomic E-state index is 13.4. The minimum Gasteiger partial charge on any atom is -0.493 e. The maximum Gasteiger partial charge on any atom is 0.258 e. The van der Waals surface area contributed by atoms with Crippen LogP contribution >= 0.6 is 0 Å². The molecule has 2 N–H and O–H groups in total. The van der Waals surface area contributed by atoms with Crippen molar-refractivity contribution in [2.75, 3.05) is 0 Å². The van der Waals surface area contributed by atoms with Gasteiger partial charge in [0.25, 0.3) is 5.56 Å². The number of nitrogens with one attached hydrogen (secondary N) is 1. The van der Waals surface area contributed by atoms with Gasteiger partial charge in [-0.15, -0.1) is 0 Å². The molecule has 0 saturated heterocycles. The lowest BCUT2D eigenvalue weighted by molar-refractivity contribution is 0.242. The predicted molar refractivity (Wildman–Crippen MR) is 101 cm³/mol. The van der Waals surface area contributed by atoms with E-state index in [-0.39, 0.29) is 22.8 Å². The number of halogens is 2. The molecule has 1 aromatic heterocycles. The highest BCUT2D eigenvalue weighted by Gasteiger charge is 2.22. The number of hydrogen-bond donors (Lipinski definition) is 2. The van der Waals surface area contributed by atoms with Crippen LogP contribution in [0.3, 0.4) is 0 Å². The minimum absolute atomic E-state index is 0.0285. The van der Waals surface area contributed by atoms with Crippen molar-refractivity contribution < 1.29 is 13.9 Å². The number of benzene rings is 1. The zero-order valence-electron chi connectivity index (χ0n) is 15.6. The summed E-state index contributed by atoms with van der Waals surface area (Å²) in [4.78, 5) is 19.0. The maximum absolute atomic E-state index is 13.4. The molecule has 1 heterocycles. The third-order valence-electron chi connectivity index (χ3n) is 5.58. The van der Waals surface area contributed by atoms with E-state index in [1.165, 1.54) is 44.6 Å². The van der Waals surface area contributed by atoms with Gasteiger partial charge in [0.2, 0.25) is 5.88 Å². The van der Waals surface area contributed by atoms with Gasteiger partial charge in [0.15, 0.2) is 11.6 Å². The van der Waals surface area contributed by atoms with Crippen LogP contribution in [-0.2, 0) is 6.42 Å².